The molecule has 1 aliphatic rings. The number of amides is 1. The minimum Gasteiger partial charge on any atom is -0.350 e. The van der Waals surface area contributed by atoms with Crippen LogP contribution in [-0.4, -0.2) is 47.0 Å². The van der Waals surface area contributed by atoms with Gasteiger partial charge in [-0.2, -0.15) is 0 Å². The molecule has 1 fully saturated rings. The van der Waals surface area contributed by atoms with E-state index in [4.69, 9.17) is 0 Å². The molecule has 21 heavy (non-hydrogen) atoms. The lowest BCUT2D eigenvalue weighted by atomic mass is 10.4. The highest BCUT2D eigenvalue weighted by Gasteiger charge is 2.18. The van der Waals surface area contributed by atoms with E-state index in [0.29, 0.717) is 13.1 Å². The summed E-state index contributed by atoms with van der Waals surface area (Å²) in [5, 5.41) is 2.75. The molecule has 1 aromatic carbocycles. The molecular formula is C14H22N3O3S+. The second kappa shape index (κ2) is 7.53. The third-order valence-corrected chi connectivity index (χ3v) is 4.99. The Balaban J connectivity index is 1.68. The maximum atomic E-state index is 11.9. The van der Waals surface area contributed by atoms with E-state index < -0.39 is 10.0 Å². The van der Waals surface area contributed by atoms with Crippen molar-refractivity contribution in [3.63, 3.8) is 0 Å². The van der Waals surface area contributed by atoms with Crippen LogP contribution in [0.5, 0.6) is 0 Å². The fourth-order valence-electron chi connectivity index (χ4n) is 2.41. The highest BCUT2D eigenvalue weighted by atomic mass is 32.2. The van der Waals surface area contributed by atoms with E-state index in [9.17, 15) is 13.2 Å². The van der Waals surface area contributed by atoms with Crippen molar-refractivity contribution < 1.29 is 18.1 Å². The third kappa shape index (κ3) is 5.11. The number of likely N-dealkylation sites (tertiary alicyclic amines) is 1. The maximum Gasteiger partial charge on any atom is 0.275 e. The van der Waals surface area contributed by atoms with Gasteiger partial charge in [-0.15, -0.1) is 0 Å². The lowest BCUT2D eigenvalue weighted by Crippen LogP contribution is -3.11. The molecule has 2 rings (SSSR count). The predicted octanol–water partition coefficient (Wildman–Crippen LogP) is -1.24. The summed E-state index contributed by atoms with van der Waals surface area (Å²) in [6, 6.07) is 8.19. The maximum absolute atomic E-state index is 11.9. The highest BCUT2D eigenvalue weighted by Crippen LogP contribution is 2.06. The Labute approximate surface area is 125 Å². The second-order valence-corrected chi connectivity index (χ2v) is 6.96. The smallest absolute Gasteiger partial charge is 0.275 e. The molecule has 116 valence electrons. The van der Waals surface area contributed by atoms with Gasteiger partial charge in [-0.1, -0.05) is 18.2 Å². The van der Waals surface area contributed by atoms with E-state index in [-0.39, 0.29) is 17.3 Å². The Morgan fingerprint density at radius 1 is 1.10 bits per heavy atom. The van der Waals surface area contributed by atoms with E-state index in [1.54, 1.807) is 18.2 Å². The van der Waals surface area contributed by atoms with Crippen LogP contribution in [0.3, 0.4) is 0 Å². The van der Waals surface area contributed by atoms with Crippen LogP contribution in [0.15, 0.2) is 35.2 Å². The summed E-state index contributed by atoms with van der Waals surface area (Å²) in [7, 11) is -3.49. The molecule has 0 spiro atoms. The van der Waals surface area contributed by atoms with Gasteiger partial charge >= 0.3 is 0 Å². The number of carbonyl (C=O) groups excluding carboxylic acids is 1. The molecule has 0 radical (unpaired) electrons. The van der Waals surface area contributed by atoms with Gasteiger partial charge in [0, 0.05) is 25.9 Å². The molecule has 1 aromatic rings. The van der Waals surface area contributed by atoms with Crippen LogP contribution in [0.1, 0.15) is 12.8 Å². The minimum absolute atomic E-state index is 0.0224. The average Bonchev–Trinajstić information content (AvgIpc) is 2.97. The van der Waals surface area contributed by atoms with Gasteiger partial charge in [-0.3, -0.25) is 4.79 Å². The van der Waals surface area contributed by atoms with E-state index in [1.165, 1.54) is 29.9 Å². The summed E-state index contributed by atoms with van der Waals surface area (Å²) in [6.45, 7) is 3.07. The number of hydrogen-bond acceptors (Lipinski definition) is 3. The summed E-state index contributed by atoms with van der Waals surface area (Å²) in [6.07, 6.45) is 2.36. The van der Waals surface area contributed by atoms with Crippen LogP contribution >= 0.6 is 0 Å². The topological polar surface area (TPSA) is 79.7 Å². The van der Waals surface area contributed by atoms with Crippen molar-refractivity contribution >= 4 is 15.9 Å². The van der Waals surface area contributed by atoms with E-state index in [1.807, 2.05) is 0 Å². The van der Waals surface area contributed by atoms with Gasteiger partial charge in [-0.05, 0) is 12.1 Å². The summed E-state index contributed by atoms with van der Waals surface area (Å²) in [5.41, 5.74) is 0. The molecule has 0 unspecified atom stereocenters. The Hall–Kier alpha value is -1.44. The third-order valence-electron chi connectivity index (χ3n) is 3.51. The van der Waals surface area contributed by atoms with E-state index >= 15 is 0 Å². The van der Waals surface area contributed by atoms with Gasteiger partial charge in [0.05, 0.1) is 18.0 Å². The number of nitrogens with one attached hydrogen (secondary N) is 3. The molecule has 3 N–H and O–H groups in total. The normalized spacial score (nSPS) is 16.0. The molecule has 1 saturated heterocycles. The van der Waals surface area contributed by atoms with Crippen LogP contribution < -0.4 is 14.9 Å². The van der Waals surface area contributed by atoms with Gasteiger partial charge in [0.1, 0.15) is 0 Å². The molecule has 1 heterocycles. The van der Waals surface area contributed by atoms with Gasteiger partial charge in [0.25, 0.3) is 5.91 Å². The quantitative estimate of drug-likeness (QED) is 0.551. The number of sulfonamides is 1. The molecule has 0 atom stereocenters. The van der Waals surface area contributed by atoms with E-state index in [0.717, 1.165) is 13.1 Å². The Morgan fingerprint density at radius 3 is 2.43 bits per heavy atom. The Bertz CT molecular complexity index is 554. The molecule has 0 aromatic heterocycles. The standard InChI is InChI=1S/C14H21N3O3S/c18-14(12-17-10-4-5-11-17)15-8-9-16-21(19,20)13-6-2-1-3-7-13/h1-3,6-7,16H,4-5,8-12H2,(H,15,18)/p+1. The number of quaternary nitrogens is 1. The molecule has 1 aliphatic heterocycles. The number of rotatable bonds is 7. The van der Waals surface area contributed by atoms with Crippen LogP contribution in [-0.2, 0) is 14.8 Å². The van der Waals surface area contributed by atoms with Gasteiger partial charge in [0.2, 0.25) is 10.0 Å². The zero-order valence-corrected chi connectivity index (χ0v) is 12.8. The average molecular weight is 312 g/mol. The minimum atomic E-state index is -3.49. The van der Waals surface area contributed by atoms with Crippen LogP contribution in [0.25, 0.3) is 0 Å². The first-order valence-corrected chi connectivity index (χ1v) is 8.71. The summed E-state index contributed by atoms with van der Waals surface area (Å²) >= 11 is 0. The lowest BCUT2D eigenvalue weighted by molar-refractivity contribution is -0.879. The summed E-state index contributed by atoms with van der Waals surface area (Å²) in [4.78, 5) is 13.2. The van der Waals surface area contributed by atoms with Crippen molar-refractivity contribution in [2.24, 2.45) is 0 Å². The zero-order valence-electron chi connectivity index (χ0n) is 12.0. The number of carbonyl (C=O) groups is 1. The van der Waals surface area contributed by atoms with Crippen molar-refractivity contribution in [3.05, 3.63) is 30.3 Å². The van der Waals surface area contributed by atoms with Gasteiger partial charge in [0.15, 0.2) is 6.54 Å². The number of benzene rings is 1. The molecule has 7 heteroatoms. The molecular weight excluding hydrogens is 290 g/mol. The summed E-state index contributed by atoms with van der Waals surface area (Å²) in [5.74, 6) is -0.0224. The van der Waals surface area contributed by atoms with Crippen molar-refractivity contribution in [2.45, 2.75) is 17.7 Å². The second-order valence-electron chi connectivity index (χ2n) is 5.19. The van der Waals surface area contributed by atoms with Crippen LogP contribution in [0.4, 0.5) is 0 Å². The SMILES string of the molecule is O=C(C[NH+]1CCCC1)NCCNS(=O)(=O)c1ccccc1. The Kier molecular flexibility index (Phi) is 5.72. The zero-order chi connectivity index (χ0) is 15.1. The predicted molar refractivity (Wildman–Crippen MR) is 79.4 cm³/mol. The van der Waals surface area contributed by atoms with Crippen molar-refractivity contribution in [3.8, 4) is 0 Å². The fraction of sp³-hybridized carbons (Fsp3) is 0.500. The Morgan fingerprint density at radius 2 is 1.76 bits per heavy atom. The highest BCUT2D eigenvalue weighted by molar-refractivity contribution is 7.89. The number of hydrogen-bond donors (Lipinski definition) is 3. The van der Waals surface area contributed by atoms with Gasteiger partial charge in [-0.25, -0.2) is 13.1 Å². The van der Waals surface area contributed by atoms with Crippen LogP contribution in [0, 0.1) is 0 Å². The van der Waals surface area contributed by atoms with Crippen molar-refractivity contribution in [2.75, 3.05) is 32.7 Å². The van der Waals surface area contributed by atoms with Gasteiger partial charge < -0.3 is 10.2 Å². The lowest BCUT2D eigenvalue weighted by Gasteiger charge is -2.12. The summed E-state index contributed by atoms with van der Waals surface area (Å²) < 4.78 is 26.3. The fourth-order valence-corrected chi connectivity index (χ4v) is 3.46. The molecule has 1 amide bonds. The van der Waals surface area contributed by atoms with Crippen molar-refractivity contribution in [1.82, 2.24) is 10.0 Å². The molecule has 6 nitrogen and oxygen atoms in total. The molecule has 0 aliphatic carbocycles. The largest absolute Gasteiger partial charge is 0.350 e. The molecule has 0 saturated carbocycles. The first-order chi connectivity index (χ1) is 10.1. The first kappa shape index (κ1) is 15.9. The van der Waals surface area contributed by atoms with Crippen LogP contribution in [0.2, 0.25) is 0 Å². The van der Waals surface area contributed by atoms with E-state index in [2.05, 4.69) is 10.0 Å². The first-order valence-electron chi connectivity index (χ1n) is 7.23. The molecule has 0 bridgehead atoms. The monoisotopic (exact) mass is 312 g/mol. The van der Waals surface area contributed by atoms with Crippen molar-refractivity contribution in [1.29, 1.82) is 0 Å².